The summed E-state index contributed by atoms with van der Waals surface area (Å²) in [5, 5.41) is 4.16. The molecule has 4 heteroatoms. The summed E-state index contributed by atoms with van der Waals surface area (Å²) >= 11 is 0. The molecule has 0 radical (unpaired) electrons. The maximum absolute atomic E-state index is 13.0. The molecule has 0 aliphatic carbocycles. The van der Waals surface area contributed by atoms with Gasteiger partial charge in [-0.3, -0.25) is 9.69 Å². The molecule has 29 heavy (non-hydrogen) atoms. The molecule has 3 aromatic rings. The Morgan fingerprint density at radius 2 is 1.69 bits per heavy atom. The highest BCUT2D eigenvalue weighted by Gasteiger charge is 2.24. The fraction of sp³-hybridized carbons (Fsp3) is 0.400. The number of nitrogens with one attached hydrogen (secondary N) is 1. The summed E-state index contributed by atoms with van der Waals surface area (Å²) in [7, 11) is 0. The van der Waals surface area contributed by atoms with Crippen molar-refractivity contribution in [2.45, 2.75) is 46.1 Å². The van der Waals surface area contributed by atoms with Crippen molar-refractivity contribution in [2.24, 2.45) is 0 Å². The Morgan fingerprint density at radius 1 is 1.00 bits per heavy atom. The number of benzene rings is 2. The van der Waals surface area contributed by atoms with E-state index in [9.17, 15) is 4.79 Å². The van der Waals surface area contributed by atoms with E-state index in [-0.39, 0.29) is 11.9 Å². The van der Waals surface area contributed by atoms with Crippen LogP contribution in [0.4, 0.5) is 0 Å². The Hall–Kier alpha value is -2.59. The lowest BCUT2D eigenvalue weighted by Gasteiger charge is -2.35. The summed E-state index contributed by atoms with van der Waals surface area (Å²) in [6.45, 7) is 8.83. The van der Waals surface area contributed by atoms with Gasteiger partial charge in [0.1, 0.15) is 5.58 Å². The molecule has 152 valence electrons. The minimum absolute atomic E-state index is 0.134. The number of nitrogens with zero attached hydrogens (tertiary/aromatic N) is 1. The van der Waals surface area contributed by atoms with E-state index < -0.39 is 0 Å². The normalized spacial score (nSPS) is 16.1. The van der Waals surface area contributed by atoms with Crippen LogP contribution in [0.2, 0.25) is 0 Å². The lowest BCUT2D eigenvalue weighted by molar-refractivity contribution is 0.0898. The highest BCUT2D eigenvalue weighted by molar-refractivity contribution is 5.99. The molecule has 0 spiro atoms. The van der Waals surface area contributed by atoms with Crippen LogP contribution in [0.25, 0.3) is 11.0 Å². The van der Waals surface area contributed by atoms with E-state index in [0.29, 0.717) is 12.3 Å². The Kier molecular flexibility index (Phi) is 5.72. The molecule has 1 aliphatic rings. The third-order valence-electron chi connectivity index (χ3n) is 6.05. The molecule has 1 unspecified atom stereocenters. The first-order valence-electron chi connectivity index (χ1n) is 10.6. The minimum atomic E-state index is -0.134. The average Bonchev–Trinajstić information content (AvgIpc) is 3.06. The van der Waals surface area contributed by atoms with Gasteiger partial charge in [-0.25, -0.2) is 0 Å². The number of rotatable bonds is 5. The average molecular weight is 391 g/mol. The van der Waals surface area contributed by atoms with Crippen molar-refractivity contribution in [1.29, 1.82) is 0 Å². The Morgan fingerprint density at radius 3 is 2.41 bits per heavy atom. The molecular weight excluding hydrogens is 360 g/mol. The van der Waals surface area contributed by atoms with E-state index in [4.69, 9.17) is 4.42 Å². The quantitative estimate of drug-likeness (QED) is 0.642. The molecule has 0 saturated carbocycles. The van der Waals surface area contributed by atoms with Crippen molar-refractivity contribution >= 4 is 16.9 Å². The molecular formula is C25H30N2O2. The number of hydrogen-bond donors (Lipinski definition) is 1. The lowest BCUT2D eigenvalue weighted by atomic mass is 10.0. The van der Waals surface area contributed by atoms with Crippen LogP contribution in [0.15, 0.2) is 46.9 Å². The van der Waals surface area contributed by atoms with Crippen LogP contribution in [0, 0.1) is 20.8 Å². The van der Waals surface area contributed by atoms with Crippen molar-refractivity contribution in [1.82, 2.24) is 10.2 Å². The SMILES string of the molecule is Cc1ccc(C(CNC(=O)c2oc3cc(C)ccc3c2C)N2CCCCC2)cc1. The number of carbonyl (C=O) groups excluding carboxylic acids is 1. The number of carbonyl (C=O) groups is 1. The van der Waals surface area contributed by atoms with Crippen molar-refractivity contribution < 1.29 is 9.21 Å². The molecule has 1 aliphatic heterocycles. The first-order chi connectivity index (χ1) is 14.0. The van der Waals surface area contributed by atoms with Gasteiger partial charge in [0.2, 0.25) is 0 Å². The third-order valence-corrected chi connectivity index (χ3v) is 6.05. The molecule has 2 aromatic carbocycles. The first kappa shape index (κ1) is 19.7. The van der Waals surface area contributed by atoms with E-state index in [1.54, 1.807) is 0 Å². The molecule has 1 N–H and O–H groups in total. The van der Waals surface area contributed by atoms with Crippen LogP contribution in [0.1, 0.15) is 58.1 Å². The summed E-state index contributed by atoms with van der Waals surface area (Å²) in [5.74, 6) is 0.289. The summed E-state index contributed by atoms with van der Waals surface area (Å²) < 4.78 is 5.92. The summed E-state index contributed by atoms with van der Waals surface area (Å²) in [6, 6.07) is 14.9. The molecule has 4 rings (SSSR count). The Labute approximate surface area is 172 Å². The van der Waals surface area contributed by atoms with E-state index in [0.717, 1.165) is 35.2 Å². The van der Waals surface area contributed by atoms with Gasteiger partial charge in [-0.2, -0.15) is 0 Å². The molecule has 1 aromatic heterocycles. The zero-order chi connectivity index (χ0) is 20.4. The van der Waals surface area contributed by atoms with E-state index in [2.05, 4.69) is 47.5 Å². The van der Waals surface area contributed by atoms with Crippen molar-refractivity contribution in [2.75, 3.05) is 19.6 Å². The van der Waals surface area contributed by atoms with Gasteiger partial charge in [0.05, 0.1) is 6.04 Å². The second-order valence-corrected chi connectivity index (χ2v) is 8.29. The molecule has 1 amide bonds. The number of aryl methyl sites for hydroxylation is 3. The van der Waals surface area contributed by atoms with Crippen molar-refractivity contribution in [3.63, 3.8) is 0 Å². The van der Waals surface area contributed by atoms with Gasteiger partial charge in [0.25, 0.3) is 5.91 Å². The predicted octanol–water partition coefficient (Wildman–Crippen LogP) is 5.32. The van der Waals surface area contributed by atoms with Gasteiger partial charge in [-0.05, 0) is 63.9 Å². The Balaban J connectivity index is 1.54. The molecule has 0 bridgehead atoms. The van der Waals surface area contributed by atoms with Gasteiger partial charge in [-0.1, -0.05) is 48.4 Å². The minimum Gasteiger partial charge on any atom is -0.451 e. The summed E-state index contributed by atoms with van der Waals surface area (Å²) in [4.78, 5) is 15.5. The largest absolute Gasteiger partial charge is 0.451 e. The number of piperidine rings is 1. The number of hydrogen-bond acceptors (Lipinski definition) is 3. The standard InChI is InChI=1S/C25H30N2O2/c1-17-7-10-20(11-8-17)22(27-13-5-4-6-14-27)16-26-25(28)24-19(3)21-12-9-18(2)15-23(21)29-24/h7-12,15,22H,4-6,13-14,16H2,1-3H3,(H,26,28). The maximum Gasteiger partial charge on any atom is 0.287 e. The fourth-order valence-electron chi connectivity index (χ4n) is 4.30. The molecule has 4 nitrogen and oxygen atoms in total. The van der Waals surface area contributed by atoms with Crippen molar-refractivity contribution in [3.05, 3.63) is 70.5 Å². The van der Waals surface area contributed by atoms with Crippen LogP contribution in [0.3, 0.4) is 0 Å². The van der Waals surface area contributed by atoms with Crippen LogP contribution in [0.5, 0.6) is 0 Å². The Bertz CT molecular complexity index is 998. The topological polar surface area (TPSA) is 45.5 Å². The molecule has 2 heterocycles. The molecule has 1 fully saturated rings. The number of amides is 1. The van der Waals surface area contributed by atoms with Crippen LogP contribution in [-0.2, 0) is 0 Å². The van der Waals surface area contributed by atoms with Gasteiger partial charge in [-0.15, -0.1) is 0 Å². The van der Waals surface area contributed by atoms with E-state index in [1.807, 2.05) is 26.0 Å². The number of fused-ring (bicyclic) bond motifs is 1. The number of furan rings is 1. The van der Waals surface area contributed by atoms with Gasteiger partial charge in [0, 0.05) is 17.5 Å². The fourth-order valence-corrected chi connectivity index (χ4v) is 4.30. The second-order valence-electron chi connectivity index (χ2n) is 8.29. The van der Waals surface area contributed by atoms with Crippen LogP contribution < -0.4 is 5.32 Å². The second kappa shape index (κ2) is 8.42. The first-order valence-corrected chi connectivity index (χ1v) is 10.6. The molecule has 1 saturated heterocycles. The van der Waals surface area contributed by atoms with Crippen LogP contribution in [-0.4, -0.2) is 30.4 Å². The predicted molar refractivity (Wildman–Crippen MR) is 117 cm³/mol. The lowest BCUT2D eigenvalue weighted by Crippen LogP contribution is -2.40. The summed E-state index contributed by atoms with van der Waals surface area (Å²) in [6.07, 6.45) is 3.73. The van der Waals surface area contributed by atoms with Crippen LogP contribution >= 0.6 is 0 Å². The maximum atomic E-state index is 13.0. The van der Waals surface area contributed by atoms with E-state index in [1.165, 1.54) is 30.4 Å². The van der Waals surface area contributed by atoms with Gasteiger partial charge in [0.15, 0.2) is 5.76 Å². The van der Waals surface area contributed by atoms with Gasteiger partial charge < -0.3 is 9.73 Å². The zero-order valence-corrected chi connectivity index (χ0v) is 17.6. The highest BCUT2D eigenvalue weighted by Crippen LogP contribution is 2.27. The smallest absolute Gasteiger partial charge is 0.287 e. The van der Waals surface area contributed by atoms with E-state index >= 15 is 0 Å². The molecule has 1 atom stereocenters. The van der Waals surface area contributed by atoms with Gasteiger partial charge >= 0.3 is 0 Å². The monoisotopic (exact) mass is 390 g/mol. The highest BCUT2D eigenvalue weighted by atomic mass is 16.3. The third kappa shape index (κ3) is 4.23. The van der Waals surface area contributed by atoms with Crippen molar-refractivity contribution in [3.8, 4) is 0 Å². The summed E-state index contributed by atoms with van der Waals surface area (Å²) in [5.41, 5.74) is 5.32. The number of likely N-dealkylation sites (tertiary alicyclic amines) is 1. The zero-order valence-electron chi connectivity index (χ0n) is 17.6.